The Kier molecular flexibility index (Phi) is 5.37. The van der Waals surface area contributed by atoms with Crippen LogP contribution in [0.3, 0.4) is 0 Å². The van der Waals surface area contributed by atoms with Crippen LogP contribution in [0, 0.1) is 10.1 Å². The van der Waals surface area contributed by atoms with Crippen molar-refractivity contribution in [3.63, 3.8) is 0 Å². The molecule has 0 heterocycles. The van der Waals surface area contributed by atoms with Crippen LogP contribution in [0.2, 0.25) is 0 Å². The predicted molar refractivity (Wildman–Crippen MR) is 45.6 cm³/mol. The van der Waals surface area contributed by atoms with Crippen molar-refractivity contribution in [2.75, 3.05) is 5.75 Å². The minimum Gasteiger partial charge on any atom is -0.342 e. The van der Waals surface area contributed by atoms with Crippen LogP contribution in [0.4, 0.5) is 0 Å². The first-order valence-corrected chi connectivity index (χ1v) is 4.01. The van der Waals surface area contributed by atoms with E-state index in [0.29, 0.717) is 0 Å². The number of amides is 1. The Labute approximate surface area is 84.0 Å². The van der Waals surface area contributed by atoms with Crippen LogP contribution in [0.5, 0.6) is 0 Å². The number of thiol groups is 1. The van der Waals surface area contributed by atoms with E-state index < -0.39 is 23.0 Å². The van der Waals surface area contributed by atoms with Crippen molar-refractivity contribution in [1.29, 1.82) is 0 Å². The van der Waals surface area contributed by atoms with Crippen molar-refractivity contribution >= 4 is 24.5 Å². The van der Waals surface area contributed by atoms with E-state index in [4.69, 9.17) is 0 Å². The number of rotatable bonds is 5. The zero-order valence-electron chi connectivity index (χ0n) is 7.13. The fourth-order valence-electron chi connectivity index (χ4n) is 0.550. The fraction of sp³-hybridized carbons (Fsp3) is 0.600. The molecule has 0 aliphatic heterocycles. The highest BCUT2D eigenvalue weighted by atomic mass is 32.1. The quantitative estimate of drug-likeness (QED) is 0.271. The highest BCUT2D eigenvalue weighted by Crippen LogP contribution is 1.93. The van der Waals surface area contributed by atoms with Gasteiger partial charge in [-0.2, -0.15) is 12.6 Å². The van der Waals surface area contributed by atoms with Gasteiger partial charge in [0.25, 0.3) is 0 Å². The molecular weight excluding hydrogens is 216 g/mol. The summed E-state index contributed by atoms with van der Waals surface area (Å²) in [6.45, 7) is 1.18. The summed E-state index contributed by atoms with van der Waals surface area (Å²) in [7, 11) is 0. The van der Waals surface area contributed by atoms with Crippen molar-refractivity contribution in [2.24, 2.45) is 0 Å². The number of carbonyl (C=O) groups is 2. The van der Waals surface area contributed by atoms with Crippen LogP contribution < -0.4 is 5.32 Å². The Morgan fingerprint density at radius 1 is 1.64 bits per heavy atom. The van der Waals surface area contributed by atoms with Crippen molar-refractivity contribution in [1.82, 2.24) is 5.32 Å². The second-order valence-corrected chi connectivity index (χ2v) is 2.50. The van der Waals surface area contributed by atoms with E-state index >= 15 is 0 Å². The van der Waals surface area contributed by atoms with Gasteiger partial charge in [-0.3, -0.25) is 9.68 Å². The van der Waals surface area contributed by atoms with Gasteiger partial charge in [-0.25, -0.2) is 4.79 Å². The first-order chi connectivity index (χ1) is 6.47. The van der Waals surface area contributed by atoms with Gasteiger partial charge >= 0.3 is 11.1 Å². The van der Waals surface area contributed by atoms with Gasteiger partial charge in [-0.1, -0.05) is 4.99 Å². The average Bonchev–Trinajstić information content (AvgIpc) is 2.09. The summed E-state index contributed by atoms with van der Waals surface area (Å²) in [6.07, 6.45) is 0. The maximum absolute atomic E-state index is 10.9. The minimum atomic E-state index is -1.29. The molecule has 0 saturated heterocycles. The normalized spacial score (nSPS) is 11.3. The summed E-state index contributed by atoms with van der Waals surface area (Å²) in [5.74, 6) is -1.63. The van der Waals surface area contributed by atoms with E-state index in [9.17, 15) is 19.7 Å². The van der Waals surface area contributed by atoms with Crippen LogP contribution in [0.15, 0.2) is 0 Å². The standard InChI is InChI=1S/C5H8N2O6S/c1-3(8)6-4(2-14)5(9)12-13-7(10)11/h4,14H,2H2,1H3,(H,6,8). The van der Waals surface area contributed by atoms with Crippen molar-refractivity contribution in [3.05, 3.63) is 10.1 Å². The minimum absolute atomic E-state index is 0.0561. The lowest BCUT2D eigenvalue weighted by molar-refractivity contribution is -0.839. The molecule has 0 saturated carbocycles. The maximum Gasteiger partial charge on any atom is 0.366 e. The molecule has 0 aromatic carbocycles. The molecule has 0 radical (unpaired) electrons. The maximum atomic E-state index is 10.9. The van der Waals surface area contributed by atoms with Gasteiger partial charge in [0, 0.05) is 12.7 Å². The lowest BCUT2D eigenvalue weighted by Gasteiger charge is -2.11. The van der Waals surface area contributed by atoms with Crippen LogP contribution in [-0.4, -0.2) is 28.8 Å². The van der Waals surface area contributed by atoms with Crippen LogP contribution in [-0.2, 0) is 19.5 Å². The van der Waals surface area contributed by atoms with Crippen LogP contribution >= 0.6 is 12.6 Å². The zero-order valence-corrected chi connectivity index (χ0v) is 8.02. The molecule has 0 rings (SSSR count). The summed E-state index contributed by atoms with van der Waals surface area (Å²) in [5.41, 5.74) is 0. The third-order valence-electron chi connectivity index (χ3n) is 1.02. The Morgan fingerprint density at radius 2 is 2.21 bits per heavy atom. The summed E-state index contributed by atoms with van der Waals surface area (Å²) in [4.78, 5) is 38.2. The molecule has 14 heavy (non-hydrogen) atoms. The second-order valence-electron chi connectivity index (χ2n) is 2.14. The highest BCUT2D eigenvalue weighted by molar-refractivity contribution is 7.80. The number of nitrogens with zero attached hydrogens (tertiary/aromatic N) is 1. The number of hydrogen-bond donors (Lipinski definition) is 2. The molecule has 0 spiro atoms. The third kappa shape index (κ3) is 5.19. The molecule has 1 N–H and O–H groups in total. The molecule has 0 aliphatic carbocycles. The highest BCUT2D eigenvalue weighted by Gasteiger charge is 2.21. The Morgan fingerprint density at radius 3 is 2.57 bits per heavy atom. The first kappa shape index (κ1) is 12.5. The van der Waals surface area contributed by atoms with Crippen molar-refractivity contribution in [3.8, 4) is 0 Å². The van der Waals surface area contributed by atoms with E-state index in [1.54, 1.807) is 0 Å². The van der Waals surface area contributed by atoms with E-state index in [2.05, 4.69) is 27.8 Å². The van der Waals surface area contributed by atoms with Crippen molar-refractivity contribution < 1.29 is 24.6 Å². The zero-order chi connectivity index (χ0) is 11.1. The molecule has 0 fully saturated rings. The van der Waals surface area contributed by atoms with Crippen LogP contribution in [0.1, 0.15) is 6.92 Å². The molecule has 0 aliphatic rings. The van der Waals surface area contributed by atoms with E-state index in [1.807, 2.05) is 0 Å². The van der Waals surface area contributed by atoms with Gasteiger partial charge in [0.15, 0.2) is 0 Å². The molecule has 1 amide bonds. The smallest absolute Gasteiger partial charge is 0.342 e. The van der Waals surface area contributed by atoms with Gasteiger partial charge < -0.3 is 5.32 Å². The van der Waals surface area contributed by atoms with Gasteiger partial charge in [0.05, 0.1) is 0 Å². The number of carbonyl (C=O) groups excluding carboxylic acids is 2. The van der Waals surface area contributed by atoms with Gasteiger partial charge in [-0.15, -0.1) is 10.1 Å². The SMILES string of the molecule is CC(=O)NC(CS)C(=O)OO[N+](=O)[O-]. The van der Waals surface area contributed by atoms with Gasteiger partial charge in [0.1, 0.15) is 6.04 Å². The molecule has 0 bridgehead atoms. The summed E-state index contributed by atoms with van der Waals surface area (Å²) < 4.78 is 0. The molecule has 1 unspecified atom stereocenters. The molecular formula is C5H8N2O6S. The fourth-order valence-corrected chi connectivity index (χ4v) is 0.790. The lowest BCUT2D eigenvalue weighted by atomic mass is 10.3. The molecule has 8 nitrogen and oxygen atoms in total. The Bertz CT molecular complexity index is 244. The molecule has 9 heteroatoms. The Hall–Kier alpha value is -1.51. The molecule has 0 aromatic heterocycles. The average molecular weight is 224 g/mol. The summed E-state index contributed by atoms with van der Waals surface area (Å²) in [5, 5.41) is 10.5. The number of nitrogens with one attached hydrogen (secondary N) is 1. The summed E-state index contributed by atoms with van der Waals surface area (Å²) >= 11 is 3.73. The lowest BCUT2D eigenvalue weighted by Crippen LogP contribution is -2.42. The third-order valence-corrected chi connectivity index (χ3v) is 1.39. The molecule has 80 valence electrons. The Balaban J connectivity index is 4.04. The number of hydrogen-bond acceptors (Lipinski definition) is 7. The first-order valence-electron chi connectivity index (χ1n) is 3.38. The molecule has 0 aromatic rings. The topological polar surface area (TPSA) is 108 Å². The van der Waals surface area contributed by atoms with Gasteiger partial charge in [0.2, 0.25) is 5.91 Å². The molecule has 1 atom stereocenters. The van der Waals surface area contributed by atoms with E-state index in [1.165, 1.54) is 6.92 Å². The largest absolute Gasteiger partial charge is 0.366 e. The van der Waals surface area contributed by atoms with E-state index in [0.717, 1.165) is 0 Å². The second kappa shape index (κ2) is 6.02. The van der Waals surface area contributed by atoms with Gasteiger partial charge in [-0.05, 0) is 0 Å². The van der Waals surface area contributed by atoms with Crippen molar-refractivity contribution in [2.45, 2.75) is 13.0 Å². The van der Waals surface area contributed by atoms with Crippen LogP contribution in [0.25, 0.3) is 0 Å². The summed E-state index contributed by atoms with van der Waals surface area (Å²) in [6, 6.07) is -1.07. The monoisotopic (exact) mass is 224 g/mol. The predicted octanol–water partition coefficient (Wildman–Crippen LogP) is -0.913. The van der Waals surface area contributed by atoms with E-state index in [-0.39, 0.29) is 5.75 Å².